The van der Waals surface area contributed by atoms with Crippen LogP contribution < -0.4 is 16.4 Å². The fourth-order valence-corrected chi connectivity index (χ4v) is 1.92. The van der Waals surface area contributed by atoms with Crippen LogP contribution in [0.1, 0.15) is 19.6 Å². The van der Waals surface area contributed by atoms with Gasteiger partial charge in [-0.3, -0.25) is 19.8 Å². The van der Waals surface area contributed by atoms with Crippen molar-refractivity contribution >= 4 is 17.8 Å². The first-order valence-electron chi connectivity index (χ1n) is 6.97. The highest BCUT2D eigenvalue weighted by Gasteiger charge is 2.16. The zero-order valence-electron chi connectivity index (χ0n) is 12.8. The molecule has 0 saturated heterocycles. The Morgan fingerprint density at radius 2 is 2.05 bits per heavy atom. The SMILES string of the molecule is CC(C)CN(CC(N)=O)CC(=O)NC(=O)NCc1ccco1. The summed E-state index contributed by atoms with van der Waals surface area (Å²) in [6.45, 7) is 4.53. The van der Waals surface area contributed by atoms with Crippen LogP contribution in [0.3, 0.4) is 0 Å². The van der Waals surface area contributed by atoms with E-state index in [1.165, 1.54) is 6.26 Å². The van der Waals surface area contributed by atoms with Gasteiger partial charge in [0.15, 0.2) is 0 Å². The minimum Gasteiger partial charge on any atom is -0.467 e. The second-order valence-corrected chi connectivity index (χ2v) is 5.34. The summed E-state index contributed by atoms with van der Waals surface area (Å²) in [6, 6.07) is 2.79. The molecule has 1 heterocycles. The minimum atomic E-state index is -0.620. The molecule has 8 heteroatoms. The van der Waals surface area contributed by atoms with Gasteiger partial charge >= 0.3 is 6.03 Å². The molecule has 4 N–H and O–H groups in total. The van der Waals surface area contributed by atoms with Gasteiger partial charge in [-0.15, -0.1) is 0 Å². The van der Waals surface area contributed by atoms with Gasteiger partial charge in [0.25, 0.3) is 0 Å². The van der Waals surface area contributed by atoms with E-state index < -0.39 is 17.8 Å². The fraction of sp³-hybridized carbons (Fsp3) is 0.500. The molecule has 4 amide bonds. The van der Waals surface area contributed by atoms with Crippen LogP contribution in [0.2, 0.25) is 0 Å². The lowest BCUT2D eigenvalue weighted by Gasteiger charge is -2.21. The van der Waals surface area contributed by atoms with Gasteiger partial charge in [0.1, 0.15) is 5.76 Å². The molecule has 0 bridgehead atoms. The number of urea groups is 1. The van der Waals surface area contributed by atoms with Crippen LogP contribution in [0, 0.1) is 5.92 Å². The summed E-state index contributed by atoms with van der Waals surface area (Å²) in [4.78, 5) is 36.0. The van der Waals surface area contributed by atoms with Crippen molar-refractivity contribution in [1.29, 1.82) is 0 Å². The lowest BCUT2D eigenvalue weighted by atomic mass is 10.2. The summed E-state index contributed by atoms with van der Waals surface area (Å²) in [5, 5.41) is 4.69. The number of amides is 4. The lowest BCUT2D eigenvalue weighted by Crippen LogP contribution is -2.46. The van der Waals surface area contributed by atoms with Gasteiger partial charge in [-0.25, -0.2) is 4.79 Å². The average Bonchev–Trinajstić information content (AvgIpc) is 2.87. The van der Waals surface area contributed by atoms with E-state index in [0.717, 1.165) is 0 Å². The molecule has 122 valence electrons. The first-order chi connectivity index (χ1) is 10.4. The van der Waals surface area contributed by atoms with Crippen LogP contribution >= 0.6 is 0 Å². The maximum atomic E-state index is 11.8. The number of hydrogen-bond donors (Lipinski definition) is 3. The average molecular weight is 310 g/mol. The molecule has 0 aliphatic rings. The fourth-order valence-electron chi connectivity index (χ4n) is 1.92. The highest BCUT2D eigenvalue weighted by Crippen LogP contribution is 1.99. The van der Waals surface area contributed by atoms with E-state index in [2.05, 4.69) is 10.6 Å². The molecule has 0 aromatic carbocycles. The van der Waals surface area contributed by atoms with Gasteiger partial charge in [0, 0.05) is 6.54 Å². The Bertz CT molecular complexity index is 499. The highest BCUT2D eigenvalue weighted by molar-refractivity contribution is 5.95. The molecule has 1 aromatic heterocycles. The van der Waals surface area contributed by atoms with Gasteiger partial charge in [0.05, 0.1) is 25.9 Å². The van der Waals surface area contributed by atoms with E-state index in [-0.39, 0.29) is 25.6 Å². The molecule has 0 aliphatic heterocycles. The Morgan fingerprint density at radius 3 is 2.59 bits per heavy atom. The zero-order chi connectivity index (χ0) is 16.5. The monoisotopic (exact) mass is 310 g/mol. The second-order valence-electron chi connectivity index (χ2n) is 5.34. The smallest absolute Gasteiger partial charge is 0.321 e. The summed E-state index contributed by atoms with van der Waals surface area (Å²) in [5.74, 6) is -0.174. The maximum absolute atomic E-state index is 11.8. The van der Waals surface area contributed by atoms with Crippen molar-refractivity contribution in [3.8, 4) is 0 Å². The highest BCUT2D eigenvalue weighted by atomic mass is 16.3. The number of nitrogens with zero attached hydrogens (tertiary/aromatic N) is 1. The van der Waals surface area contributed by atoms with Crippen molar-refractivity contribution < 1.29 is 18.8 Å². The van der Waals surface area contributed by atoms with Gasteiger partial charge in [-0.05, 0) is 18.1 Å². The number of furan rings is 1. The van der Waals surface area contributed by atoms with Gasteiger partial charge in [0.2, 0.25) is 11.8 Å². The molecule has 0 aliphatic carbocycles. The van der Waals surface area contributed by atoms with Gasteiger partial charge in [-0.1, -0.05) is 13.8 Å². The summed E-state index contributed by atoms with van der Waals surface area (Å²) >= 11 is 0. The van der Waals surface area contributed by atoms with Crippen molar-refractivity contribution in [2.24, 2.45) is 11.7 Å². The Hall–Kier alpha value is -2.35. The van der Waals surface area contributed by atoms with Crippen LogP contribution in [0.5, 0.6) is 0 Å². The molecule has 1 rings (SSSR count). The molecule has 0 spiro atoms. The predicted octanol–water partition coefficient (Wildman–Crippen LogP) is 0.0487. The Balaban J connectivity index is 2.37. The summed E-state index contributed by atoms with van der Waals surface area (Å²) in [5.41, 5.74) is 5.15. The first-order valence-corrected chi connectivity index (χ1v) is 6.97. The van der Waals surface area contributed by atoms with Crippen molar-refractivity contribution in [2.75, 3.05) is 19.6 Å². The van der Waals surface area contributed by atoms with Crippen LogP contribution in [0.15, 0.2) is 22.8 Å². The number of primary amides is 1. The Kier molecular flexibility index (Phi) is 7.11. The third-order valence-corrected chi connectivity index (χ3v) is 2.63. The molecule has 0 saturated carbocycles. The summed E-state index contributed by atoms with van der Waals surface area (Å²) in [7, 11) is 0. The van der Waals surface area contributed by atoms with Crippen LogP contribution in [-0.4, -0.2) is 42.4 Å². The molecule has 1 aromatic rings. The van der Waals surface area contributed by atoms with Crippen molar-refractivity contribution in [1.82, 2.24) is 15.5 Å². The van der Waals surface area contributed by atoms with E-state index in [1.807, 2.05) is 13.8 Å². The van der Waals surface area contributed by atoms with Gasteiger partial charge in [-0.2, -0.15) is 0 Å². The third kappa shape index (κ3) is 7.44. The zero-order valence-corrected chi connectivity index (χ0v) is 12.8. The molecule has 8 nitrogen and oxygen atoms in total. The molecule has 0 unspecified atom stereocenters. The number of imide groups is 1. The topological polar surface area (TPSA) is 118 Å². The summed E-state index contributed by atoms with van der Waals surface area (Å²) < 4.78 is 5.05. The molecule has 22 heavy (non-hydrogen) atoms. The van der Waals surface area contributed by atoms with E-state index in [4.69, 9.17) is 10.2 Å². The van der Waals surface area contributed by atoms with Crippen molar-refractivity contribution in [3.05, 3.63) is 24.2 Å². The molecule has 0 fully saturated rings. The second kappa shape index (κ2) is 8.83. The molecule has 0 radical (unpaired) electrons. The standard InChI is InChI=1S/C14H22N4O4/c1-10(2)7-18(8-12(15)19)9-13(20)17-14(21)16-6-11-4-3-5-22-11/h3-5,10H,6-9H2,1-2H3,(H2,15,19)(H2,16,17,20,21). The number of rotatable bonds is 8. The quantitative estimate of drug-likeness (QED) is 0.627. The molecule has 0 atom stereocenters. The van der Waals surface area contributed by atoms with Crippen molar-refractivity contribution in [2.45, 2.75) is 20.4 Å². The number of carbonyl (C=O) groups excluding carboxylic acids is 3. The van der Waals surface area contributed by atoms with E-state index in [0.29, 0.717) is 12.3 Å². The number of carbonyl (C=O) groups is 3. The largest absolute Gasteiger partial charge is 0.467 e. The van der Waals surface area contributed by atoms with Crippen LogP contribution in [-0.2, 0) is 16.1 Å². The van der Waals surface area contributed by atoms with E-state index in [9.17, 15) is 14.4 Å². The van der Waals surface area contributed by atoms with Crippen LogP contribution in [0.4, 0.5) is 4.79 Å². The Morgan fingerprint density at radius 1 is 1.32 bits per heavy atom. The third-order valence-electron chi connectivity index (χ3n) is 2.63. The number of nitrogens with two attached hydrogens (primary N) is 1. The van der Waals surface area contributed by atoms with E-state index in [1.54, 1.807) is 17.0 Å². The Labute approximate surface area is 129 Å². The molecular weight excluding hydrogens is 288 g/mol. The number of nitrogens with one attached hydrogen (secondary N) is 2. The molecular formula is C14H22N4O4. The predicted molar refractivity (Wildman–Crippen MR) is 79.6 cm³/mol. The maximum Gasteiger partial charge on any atom is 0.321 e. The lowest BCUT2D eigenvalue weighted by molar-refractivity contribution is -0.123. The first kappa shape index (κ1) is 17.7. The minimum absolute atomic E-state index is 0.0282. The normalized spacial score (nSPS) is 10.7. The number of hydrogen-bond acceptors (Lipinski definition) is 5. The van der Waals surface area contributed by atoms with Crippen molar-refractivity contribution in [3.63, 3.8) is 0 Å². The summed E-state index contributed by atoms with van der Waals surface area (Å²) in [6.07, 6.45) is 1.49. The van der Waals surface area contributed by atoms with E-state index >= 15 is 0 Å². The van der Waals surface area contributed by atoms with Crippen LogP contribution in [0.25, 0.3) is 0 Å². The van der Waals surface area contributed by atoms with Gasteiger partial charge < -0.3 is 15.5 Å².